The van der Waals surface area contributed by atoms with Crippen molar-refractivity contribution < 1.29 is 9.90 Å². The molecule has 0 amide bonds. The number of aromatic hydroxyl groups is 1. The molecular formula is C9H11N3O2. The van der Waals surface area contributed by atoms with Gasteiger partial charge in [0.1, 0.15) is 11.9 Å². The number of phenols is 1. The first kappa shape index (κ1) is 8.98. The molecule has 14 heavy (non-hydrogen) atoms. The Morgan fingerprint density at radius 3 is 2.57 bits per heavy atom. The van der Waals surface area contributed by atoms with Gasteiger partial charge in [-0.3, -0.25) is 9.80 Å². The van der Waals surface area contributed by atoms with E-state index in [-0.39, 0.29) is 18.1 Å². The second-order valence-electron chi connectivity index (χ2n) is 3.18. The predicted molar refractivity (Wildman–Crippen MR) is 51.6 cm³/mol. The summed E-state index contributed by atoms with van der Waals surface area (Å²) >= 11 is 0. The van der Waals surface area contributed by atoms with Crippen LogP contribution in [0.3, 0.4) is 0 Å². The molecule has 0 saturated carbocycles. The molecule has 0 aromatic heterocycles. The third kappa shape index (κ3) is 1.55. The number of hydrazine groups is 1. The van der Waals surface area contributed by atoms with Crippen molar-refractivity contribution >= 4 is 11.5 Å². The number of benzene rings is 1. The Hall–Kier alpha value is -1.59. The Balaban J connectivity index is 2.17. The molecule has 5 heteroatoms. The van der Waals surface area contributed by atoms with Gasteiger partial charge >= 0.3 is 0 Å². The highest BCUT2D eigenvalue weighted by Gasteiger charge is 2.26. The van der Waals surface area contributed by atoms with Crippen molar-refractivity contribution in [3.63, 3.8) is 0 Å². The molecule has 0 spiro atoms. The van der Waals surface area contributed by atoms with Crippen molar-refractivity contribution in [3.8, 4) is 5.75 Å². The van der Waals surface area contributed by atoms with E-state index in [4.69, 9.17) is 10.8 Å². The Kier molecular flexibility index (Phi) is 2.11. The van der Waals surface area contributed by atoms with Gasteiger partial charge in [-0.2, -0.15) is 0 Å². The van der Waals surface area contributed by atoms with Crippen molar-refractivity contribution in [2.24, 2.45) is 5.73 Å². The maximum Gasteiger partial charge on any atom is 0.186 e. The first-order valence-electron chi connectivity index (χ1n) is 4.28. The maximum absolute atomic E-state index is 11.1. The van der Waals surface area contributed by atoms with E-state index in [0.717, 1.165) is 5.69 Å². The number of hydrogen-bond acceptors (Lipinski definition) is 5. The van der Waals surface area contributed by atoms with Gasteiger partial charge in [-0.1, -0.05) is 0 Å². The maximum atomic E-state index is 11.1. The molecule has 1 aliphatic rings. The molecule has 4 N–H and O–H groups in total. The molecular weight excluding hydrogens is 182 g/mol. The van der Waals surface area contributed by atoms with Crippen molar-refractivity contribution in [1.29, 1.82) is 0 Å². The number of carbonyl (C=O) groups is 1. The Morgan fingerprint density at radius 1 is 1.43 bits per heavy atom. The molecule has 1 fully saturated rings. The Bertz CT molecular complexity index is 350. The number of anilines is 1. The minimum Gasteiger partial charge on any atom is -0.508 e. The van der Waals surface area contributed by atoms with Gasteiger partial charge < -0.3 is 10.8 Å². The SMILES string of the molecule is NC1NN(c2ccc(O)cc2)CC1=O. The molecule has 74 valence electrons. The summed E-state index contributed by atoms with van der Waals surface area (Å²) in [6.07, 6.45) is -0.621. The molecule has 1 aromatic rings. The fourth-order valence-electron chi connectivity index (χ4n) is 1.34. The standard InChI is InChI=1S/C9H11N3O2/c10-9-8(14)5-12(11-9)6-1-3-7(13)4-2-6/h1-4,9,11,13H,5,10H2. The van der Waals surface area contributed by atoms with Gasteiger partial charge in [0.15, 0.2) is 5.78 Å². The Labute approximate surface area is 81.1 Å². The lowest BCUT2D eigenvalue weighted by Crippen LogP contribution is -2.41. The van der Waals surface area contributed by atoms with Gasteiger partial charge in [0, 0.05) is 0 Å². The van der Waals surface area contributed by atoms with Crippen LogP contribution in [0.15, 0.2) is 24.3 Å². The first-order valence-corrected chi connectivity index (χ1v) is 4.28. The van der Waals surface area contributed by atoms with Crippen molar-refractivity contribution in [2.45, 2.75) is 6.17 Å². The van der Waals surface area contributed by atoms with Crippen LogP contribution in [0.4, 0.5) is 5.69 Å². The molecule has 1 heterocycles. The molecule has 1 unspecified atom stereocenters. The number of carbonyl (C=O) groups excluding carboxylic acids is 1. The van der Waals surface area contributed by atoms with Gasteiger partial charge in [0.05, 0.1) is 12.2 Å². The second kappa shape index (κ2) is 3.28. The molecule has 0 bridgehead atoms. The number of nitrogens with zero attached hydrogens (tertiary/aromatic N) is 1. The highest BCUT2D eigenvalue weighted by atomic mass is 16.3. The number of nitrogens with one attached hydrogen (secondary N) is 1. The Morgan fingerprint density at radius 2 is 2.07 bits per heavy atom. The van der Waals surface area contributed by atoms with E-state index >= 15 is 0 Å². The summed E-state index contributed by atoms with van der Waals surface area (Å²) in [6.45, 7) is 0.256. The largest absolute Gasteiger partial charge is 0.508 e. The summed E-state index contributed by atoms with van der Waals surface area (Å²) in [5, 5.41) is 10.7. The fraction of sp³-hybridized carbons (Fsp3) is 0.222. The molecule has 1 saturated heterocycles. The minimum absolute atomic E-state index is 0.0434. The van der Waals surface area contributed by atoms with Crippen LogP contribution in [0.1, 0.15) is 0 Å². The number of ketones is 1. The lowest BCUT2D eigenvalue weighted by molar-refractivity contribution is -0.117. The van der Waals surface area contributed by atoms with Crippen molar-refractivity contribution in [2.75, 3.05) is 11.6 Å². The van der Waals surface area contributed by atoms with Crippen LogP contribution in [-0.2, 0) is 4.79 Å². The van der Waals surface area contributed by atoms with Crippen LogP contribution in [0.2, 0.25) is 0 Å². The van der Waals surface area contributed by atoms with E-state index in [9.17, 15) is 4.79 Å². The summed E-state index contributed by atoms with van der Waals surface area (Å²) in [6, 6.07) is 6.55. The molecule has 1 atom stereocenters. The quantitative estimate of drug-likeness (QED) is 0.564. The summed E-state index contributed by atoms with van der Waals surface area (Å²) in [5.41, 5.74) is 9.11. The summed E-state index contributed by atoms with van der Waals surface area (Å²) < 4.78 is 0. The molecule has 5 nitrogen and oxygen atoms in total. The van der Waals surface area contributed by atoms with E-state index < -0.39 is 6.17 Å². The van der Waals surface area contributed by atoms with Gasteiger partial charge in [-0.25, -0.2) is 5.43 Å². The number of hydrogen-bond donors (Lipinski definition) is 3. The normalized spacial score (nSPS) is 21.6. The third-order valence-electron chi connectivity index (χ3n) is 2.12. The highest BCUT2D eigenvalue weighted by Crippen LogP contribution is 2.18. The van der Waals surface area contributed by atoms with E-state index in [1.54, 1.807) is 29.3 Å². The lowest BCUT2D eigenvalue weighted by atomic mass is 10.3. The zero-order valence-corrected chi connectivity index (χ0v) is 7.47. The van der Waals surface area contributed by atoms with Gasteiger partial charge in [-0.15, -0.1) is 0 Å². The van der Waals surface area contributed by atoms with Gasteiger partial charge in [0.25, 0.3) is 0 Å². The van der Waals surface area contributed by atoms with Crippen LogP contribution in [0.25, 0.3) is 0 Å². The minimum atomic E-state index is -0.621. The molecule has 1 aromatic carbocycles. The second-order valence-corrected chi connectivity index (χ2v) is 3.18. The fourth-order valence-corrected chi connectivity index (χ4v) is 1.34. The van der Waals surface area contributed by atoms with E-state index in [0.29, 0.717) is 0 Å². The van der Waals surface area contributed by atoms with Crippen LogP contribution in [-0.4, -0.2) is 23.6 Å². The number of phenolic OH excluding ortho intramolecular Hbond substituents is 1. The van der Waals surface area contributed by atoms with Gasteiger partial charge in [0.2, 0.25) is 0 Å². The highest BCUT2D eigenvalue weighted by molar-refractivity contribution is 5.90. The summed E-state index contributed by atoms with van der Waals surface area (Å²) in [5.74, 6) is 0.154. The zero-order chi connectivity index (χ0) is 10.1. The average molecular weight is 193 g/mol. The number of rotatable bonds is 1. The predicted octanol–water partition coefficient (Wildman–Crippen LogP) is -0.429. The van der Waals surface area contributed by atoms with Gasteiger partial charge in [-0.05, 0) is 24.3 Å². The van der Waals surface area contributed by atoms with Crippen LogP contribution in [0, 0.1) is 0 Å². The molecule has 2 rings (SSSR count). The average Bonchev–Trinajstić information content (AvgIpc) is 2.48. The summed E-state index contributed by atoms with van der Waals surface area (Å²) in [7, 11) is 0. The number of nitrogens with two attached hydrogens (primary N) is 1. The van der Waals surface area contributed by atoms with E-state index in [2.05, 4.69) is 5.43 Å². The van der Waals surface area contributed by atoms with E-state index in [1.807, 2.05) is 0 Å². The topological polar surface area (TPSA) is 78.6 Å². The summed E-state index contributed by atoms with van der Waals surface area (Å²) in [4.78, 5) is 11.1. The molecule has 0 aliphatic carbocycles. The first-order chi connectivity index (χ1) is 6.66. The monoisotopic (exact) mass is 193 g/mol. The van der Waals surface area contributed by atoms with Crippen LogP contribution < -0.4 is 16.2 Å². The van der Waals surface area contributed by atoms with Crippen LogP contribution >= 0.6 is 0 Å². The molecule has 1 aliphatic heterocycles. The zero-order valence-electron chi connectivity index (χ0n) is 7.47. The van der Waals surface area contributed by atoms with Crippen molar-refractivity contribution in [3.05, 3.63) is 24.3 Å². The van der Waals surface area contributed by atoms with E-state index in [1.165, 1.54) is 0 Å². The smallest absolute Gasteiger partial charge is 0.186 e. The van der Waals surface area contributed by atoms with Crippen LogP contribution in [0.5, 0.6) is 5.75 Å². The van der Waals surface area contributed by atoms with Crippen molar-refractivity contribution in [1.82, 2.24) is 5.43 Å². The number of Topliss-reactive ketones (excluding diaryl/α,β-unsaturated/α-hetero) is 1. The third-order valence-corrected chi connectivity index (χ3v) is 2.12. The molecule has 0 radical (unpaired) electrons. The lowest BCUT2D eigenvalue weighted by Gasteiger charge is -2.17.